The predicted octanol–water partition coefficient (Wildman–Crippen LogP) is 3.13. The molecular weight excluding hydrogens is 326 g/mol. The number of sulfone groups is 1. The van der Waals surface area contributed by atoms with Crippen LogP contribution in [0.5, 0.6) is 0 Å². The van der Waals surface area contributed by atoms with Gasteiger partial charge in [0.1, 0.15) is 0 Å². The maximum atomic E-state index is 12.3. The summed E-state index contributed by atoms with van der Waals surface area (Å²) in [6.45, 7) is 0. The van der Waals surface area contributed by atoms with Crippen LogP contribution in [-0.4, -0.2) is 20.2 Å². The van der Waals surface area contributed by atoms with E-state index in [4.69, 9.17) is 5.73 Å². The second-order valence-corrected chi connectivity index (χ2v) is 8.25. The molecule has 1 unspecified atom stereocenters. The molecule has 0 saturated heterocycles. The Morgan fingerprint density at radius 2 is 1.74 bits per heavy atom. The fraction of sp³-hybridized carbons (Fsp3) is 0.571. The minimum atomic E-state index is -3.27. The molecule has 5 heteroatoms. The summed E-state index contributed by atoms with van der Waals surface area (Å²) in [7, 11) is -3.27. The zero-order valence-electron chi connectivity index (χ0n) is 10.9. The van der Waals surface area contributed by atoms with Gasteiger partial charge >= 0.3 is 0 Å². The molecule has 1 aliphatic rings. The van der Waals surface area contributed by atoms with Gasteiger partial charge in [0, 0.05) is 10.5 Å². The van der Waals surface area contributed by atoms with Crippen molar-refractivity contribution in [3.63, 3.8) is 0 Å². The quantitative estimate of drug-likeness (QED) is 0.911. The molecule has 0 aromatic heterocycles. The SMILES string of the molecule is NC(CS(=O)(=O)c1ccc(Br)cc1)C1CCCCC1. The second-order valence-electron chi connectivity index (χ2n) is 5.30. The Balaban J connectivity index is 2.05. The average Bonchev–Trinajstić information content (AvgIpc) is 2.40. The van der Waals surface area contributed by atoms with Gasteiger partial charge in [0.2, 0.25) is 0 Å². The van der Waals surface area contributed by atoms with E-state index in [9.17, 15) is 8.42 Å². The van der Waals surface area contributed by atoms with Crippen molar-refractivity contribution in [1.29, 1.82) is 0 Å². The minimum absolute atomic E-state index is 0.0549. The summed E-state index contributed by atoms with van der Waals surface area (Å²) in [4.78, 5) is 0.363. The lowest BCUT2D eigenvalue weighted by atomic mass is 9.85. The Hall–Kier alpha value is -0.390. The third-order valence-electron chi connectivity index (χ3n) is 3.84. The number of nitrogens with two attached hydrogens (primary N) is 1. The largest absolute Gasteiger partial charge is 0.327 e. The van der Waals surface area contributed by atoms with Crippen LogP contribution in [0.3, 0.4) is 0 Å². The highest BCUT2D eigenvalue weighted by Gasteiger charge is 2.26. The number of hydrogen-bond acceptors (Lipinski definition) is 3. The van der Waals surface area contributed by atoms with Crippen LogP contribution >= 0.6 is 15.9 Å². The zero-order chi connectivity index (χ0) is 13.9. The topological polar surface area (TPSA) is 60.2 Å². The molecule has 0 radical (unpaired) electrons. The first-order valence-electron chi connectivity index (χ1n) is 6.73. The first-order chi connectivity index (χ1) is 8.99. The summed E-state index contributed by atoms with van der Waals surface area (Å²) >= 11 is 3.31. The van der Waals surface area contributed by atoms with Gasteiger partial charge in [-0.3, -0.25) is 0 Å². The molecular formula is C14H20BrNO2S. The lowest BCUT2D eigenvalue weighted by Gasteiger charge is -2.27. The third-order valence-corrected chi connectivity index (χ3v) is 6.18. The first kappa shape index (κ1) is 15.0. The Labute approximate surface area is 123 Å². The summed E-state index contributed by atoms with van der Waals surface area (Å²) in [5.74, 6) is 0.415. The van der Waals surface area contributed by atoms with Crippen LogP contribution in [0.2, 0.25) is 0 Å². The minimum Gasteiger partial charge on any atom is -0.327 e. The van der Waals surface area contributed by atoms with Crippen LogP contribution in [0.25, 0.3) is 0 Å². The molecule has 1 aromatic carbocycles. The number of benzene rings is 1. The molecule has 106 valence electrons. The van der Waals surface area contributed by atoms with Gasteiger partial charge < -0.3 is 5.73 Å². The van der Waals surface area contributed by atoms with Crippen molar-refractivity contribution in [2.24, 2.45) is 11.7 Å². The Kier molecular flexibility index (Phi) is 5.03. The Morgan fingerprint density at radius 1 is 1.16 bits per heavy atom. The van der Waals surface area contributed by atoms with E-state index in [-0.39, 0.29) is 11.8 Å². The summed E-state index contributed by atoms with van der Waals surface area (Å²) in [5, 5.41) is 0. The molecule has 19 heavy (non-hydrogen) atoms. The van der Waals surface area contributed by atoms with Crippen molar-refractivity contribution in [2.45, 2.75) is 43.0 Å². The third kappa shape index (κ3) is 4.04. The fourth-order valence-corrected chi connectivity index (χ4v) is 4.48. The van der Waals surface area contributed by atoms with Gasteiger partial charge in [0.05, 0.1) is 10.6 Å². The van der Waals surface area contributed by atoms with Crippen molar-refractivity contribution in [1.82, 2.24) is 0 Å². The molecule has 0 aliphatic heterocycles. The van der Waals surface area contributed by atoms with E-state index >= 15 is 0 Å². The maximum absolute atomic E-state index is 12.3. The lowest BCUT2D eigenvalue weighted by molar-refractivity contribution is 0.317. The second kappa shape index (κ2) is 6.37. The molecule has 1 fully saturated rings. The van der Waals surface area contributed by atoms with Crippen molar-refractivity contribution < 1.29 is 8.42 Å². The lowest BCUT2D eigenvalue weighted by Crippen LogP contribution is -2.38. The smallest absolute Gasteiger partial charge is 0.179 e. The van der Waals surface area contributed by atoms with Crippen LogP contribution in [0.15, 0.2) is 33.6 Å². The van der Waals surface area contributed by atoms with Crippen molar-refractivity contribution in [3.8, 4) is 0 Å². The molecule has 2 N–H and O–H groups in total. The maximum Gasteiger partial charge on any atom is 0.179 e. The van der Waals surface area contributed by atoms with Crippen LogP contribution in [0.1, 0.15) is 32.1 Å². The van der Waals surface area contributed by atoms with Gasteiger partial charge in [0.25, 0.3) is 0 Å². The standard InChI is InChI=1S/C14H20BrNO2S/c15-12-6-8-13(9-7-12)19(17,18)10-14(16)11-4-2-1-3-5-11/h6-9,11,14H,1-5,10,16H2. The predicted molar refractivity (Wildman–Crippen MR) is 80.7 cm³/mol. The van der Waals surface area contributed by atoms with Gasteiger partial charge in [-0.15, -0.1) is 0 Å². The molecule has 0 amide bonds. The van der Waals surface area contributed by atoms with Gasteiger partial charge in [-0.1, -0.05) is 35.2 Å². The summed E-state index contributed by atoms with van der Waals surface area (Å²) in [5.41, 5.74) is 6.11. The number of rotatable bonds is 4. The summed E-state index contributed by atoms with van der Waals surface area (Å²) in [6, 6.07) is 6.52. The van der Waals surface area contributed by atoms with Crippen molar-refractivity contribution in [2.75, 3.05) is 5.75 Å². The number of hydrogen-bond donors (Lipinski definition) is 1. The van der Waals surface area contributed by atoms with Crippen LogP contribution in [-0.2, 0) is 9.84 Å². The van der Waals surface area contributed by atoms with Crippen LogP contribution in [0.4, 0.5) is 0 Å². The summed E-state index contributed by atoms with van der Waals surface area (Å²) in [6.07, 6.45) is 5.74. The molecule has 0 bridgehead atoms. The van der Waals surface area contributed by atoms with Crippen LogP contribution in [0, 0.1) is 5.92 Å². The highest BCUT2D eigenvalue weighted by molar-refractivity contribution is 9.10. The van der Waals surface area contributed by atoms with E-state index in [1.807, 2.05) is 0 Å². The van der Waals surface area contributed by atoms with E-state index < -0.39 is 9.84 Å². The first-order valence-corrected chi connectivity index (χ1v) is 9.17. The van der Waals surface area contributed by atoms with E-state index in [0.29, 0.717) is 10.8 Å². The normalized spacial score (nSPS) is 19.3. The Bertz CT molecular complexity index is 507. The van der Waals surface area contributed by atoms with Crippen molar-refractivity contribution in [3.05, 3.63) is 28.7 Å². The molecule has 2 rings (SSSR count). The van der Waals surface area contributed by atoms with E-state index in [2.05, 4.69) is 15.9 Å². The number of halogens is 1. The van der Waals surface area contributed by atoms with Crippen molar-refractivity contribution >= 4 is 25.8 Å². The van der Waals surface area contributed by atoms with Gasteiger partial charge in [0.15, 0.2) is 9.84 Å². The monoisotopic (exact) mass is 345 g/mol. The molecule has 1 aliphatic carbocycles. The molecule has 1 atom stereocenters. The highest BCUT2D eigenvalue weighted by Crippen LogP contribution is 2.27. The highest BCUT2D eigenvalue weighted by atomic mass is 79.9. The van der Waals surface area contributed by atoms with E-state index in [1.165, 1.54) is 19.3 Å². The van der Waals surface area contributed by atoms with Gasteiger partial charge in [-0.25, -0.2) is 8.42 Å². The molecule has 3 nitrogen and oxygen atoms in total. The van der Waals surface area contributed by atoms with Crippen LogP contribution < -0.4 is 5.73 Å². The fourth-order valence-electron chi connectivity index (χ4n) is 2.69. The summed E-state index contributed by atoms with van der Waals surface area (Å²) < 4.78 is 25.5. The molecule has 0 heterocycles. The van der Waals surface area contributed by atoms with E-state index in [1.54, 1.807) is 24.3 Å². The molecule has 0 spiro atoms. The molecule has 1 aromatic rings. The van der Waals surface area contributed by atoms with Gasteiger partial charge in [-0.2, -0.15) is 0 Å². The zero-order valence-corrected chi connectivity index (χ0v) is 13.3. The Morgan fingerprint density at radius 3 is 2.32 bits per heavy atom. The van der Waals surface area contributed by atoms with E-state index in [0.717, 1.165) is 17.3 Å². The molecule has 1 saturated carbocycles. The average molecular weight is 346 g/mol. The van der Waals surface area contributed by atoms with Gasteiger partial charge in [-0.05, 0) is 43.0 Å².